The van der Waals surface area contributed by atoms with Crippen LogP contribution >= 0.6 is 0 Å². The van der Waals surface area contributed by atoms with Gasteiger partial charge in [0.1, 0.15) is 0 Å². The van der Waals surface area contributed by atoms with Crippen molar-refractivity contribution >= 4 is 94.2 Å². The summed E-state index contributed by atoms with van der Waals surface area (Å²) in [5.74, 6) is 0. The summed E-state index contributed by atoms with van der Waals surface area (Å²) >= 11 is 0. The van der Waals surface area contributed by atoms with Crippen molar-refractivity contribution < 1.29 is 0 Å². The average Bonchev–Trinajstić information content (AvgIpc) is 4.02. The summed E-state index contributed by atoms with van der Waals surface area (Å²) in [5.41, 5.74) is 10.7. The van der Waals surface area contributed by atoms with Gasteiger partial charge in [-0.15, -0.1) is 0 Å². The minimum atomic E-state index is -3.13. The van der Waals surface area contributed by atoms with E-state index in [1.807, 2.05) is 0 Å². The molecule has 0 unspecified atom stereocenters. The van der Waals surface area contributed by atoms with Gasteiger partial charge in [0, 0.05) is 49.4 Å². The molecule has 0 spiro atoms. The lowest BCUT2D eigenvalue weighted by molar-refractivity contribution is 1.18. The van der Waals surface area contributed by atoms with Gasteiger partial charge in [-0.3, -0.25) is 0 Å². The maximum Gasteiger partial charge on any atom is 0.181 e. The second-order valence-corrected chi connectivity index (χ2v) is 20.6. The molecule has 0 N–H and O–H groups in total. The van der Waals surface area contributed by atoms with Gasteiger partial charge in [-0.05, 0) is 81.4 Å². The number of para-hydroxylation sites is 6. The highest BCUT2D eigenvalue weighted by Gasteiger charge is 2.44. The highest BCUT2D eigenvalue weighted by molar-refractivity contribution is 7.20. The summed E-state index contributed by atoms with van der Waals surface area (Å²) in [6.45, 7) is 0. The van der Waals surface area contributed by atoms with Crippen LogP contribution < -0.4 is 20.7 Å². The maximum absolute atomic E-state index is 3.13. The molecule has 3 nitrogen and oxygen atoms in total. The summed E-state index contributed by atoms with van der Waals surface area (Å²) in [4.78, 5) is 0. The SMILES string of the molecule is c1ccc(-n2c3ccccc3c3cccc([Si](c4ccccc4)(c4ccccc4)c4cccc(-n5c6ccccc6c6c5ccc5c7ccccc7n(-c7ccccc7)c56)c4)c32)cc1. The quantitative estimate of drug-likeness (QED) is 0.112. The number of hydrogen-bond donors (Lipinski definition) is 0. The van der Waals surface area contributed by atoms with Crippen LogP contribution in [-0.4, -0.2) is 21.8 Å². The Labute approximate surface area is 372 Å². The monoisotopic (exact) mass is 831 g/mol. The van der Waals surface area contributed by atoms with E-state index in [0.29, 0.717) is 0 Å². The Hall–Kier alpha value is -8.18. The van der Waals surface area contributed by atoms with Crippen molar-refractivity contribution in [3.63, 3.8) is 0 Å². The second kappa shape index (κ2) is 14.5. The van der Waals surface area contributed by atoms with Gasteiger partial charge >= 0.3 is 0 Å². The maximum atomic E-state index is 2.52. The molecule has 13 rings (SSSR count). The fourth-order valence-electron chi connectivity index (χ4n) is 11.0. The number of nitrogens with zero attached hydrogens (tertiary/aromatic N) is 3. The second-order valence-electron chi connectivity index (χ2n) is 16.8. The first-order valence-corrected chi connectivity index (χ1v) is 24.1. The Balaban J connectivity index is 1.16. The summed E-state index contributed by atoms with van der Waals surface area (Å²) < 4.78 is 7.49. The lowest BCUT2D eigenvalue weighted by Gasteiger charge is -2.35. The first kappa shape index (κ1) is 36.5. The van der Waals surface area contributed by atoms with Gasteiger partial charge in [0.05, 0.1) is 33.1 Å². The van der Waals surface area contributed by atoms with E-state index in [0.717, 1.165) is 17.1 Å². The predicted octanol–water partition coefficient (Wildman–Crippen LogP) is 12.4. The van der Waals surface area contributed by atoms with Crippen molar-refractivity contribution in [1.82, 2.24) is 13.7 Å². The first-order valence-electron chi connectivity index (χ1n) is 22.1. The van der Waals surface area contributed by atoms with Gasteiger partial charge in [0.25, 0.3) is 0 Å². The normalized spacial score (nSPS) is 12.1. The van der Waals surface area contributed by atoms with E-state index < -0.39 is 8.07 Å². The van der Waals surface area contributed by atoms with E-state index in [9.17, 15) is 0 Å². The fourth-order valence-corrected chi connectivity index (χ4v) is 16.0. The Kier molecular flexibility index (Phi) is 8.23. The minimum absolute atomic E-state index is 1.14. The van der Waals surface area contributed by atoms with E-state index in [2.05, 4.69) is 262 Å². The molecule has 0 aliphatic rings. The zero-order valence-electron chi connectivity index (χ0n) is 35.0. The van der Waals surface area contributed by atoms with Crippen LogP contribution in [0.5, 0.6) is 0 Å². The zero-order valence-corrected chi connectivity index (χ0v) is 36.0. The zero-order chi connectivity index (χ0) is 42.2. The van der Waals surface area contributed by atoms with Gasteiger partial charge in [-0.25, -0.2) is 0 Å². The molecule has 0 atom stereocenters. The van der Waals surface area contributed by atoms with Crippen LogP contribution in [0.2, 0.25) is 0 Å². The van der Waals surface area contributed by atoms with Crippen molar-refractivity contribution in [1.29, 1.82) is 0 Å². The molecule has 0 aliphatic heterocycles. The van der Waals surface area contributed by atoms with E-state index in [1.54, 1.807) is 0 Å². The van der Waals surface area contributed by atoms with Crippen molar-refractivity contribution in [2.75, 3.05) is 0 Å². The van der Waals surface area contributed by atoms with Crippen molar-refractivity contribution in [3.8, 4) is 17.1 Å². The molecular formula is C60H41N3Si. The standard InChI is InChI=1S/C60H41N3Si/c1-5-21-42(22-6-1)62-53-35-16-13-31-48(53)50-34-20-38-57(59(50)62)64(45-26-9-3-10-27-45,46-28-11-4-12-29-46)47-30-19-25-44(41-47)61-55-37-18-15-33-52(55)58-56(61)40-39-51-49-32-14-17-36-54(49)63(60(51)58)43-23-7-2-8-24-43/h1-41H. The number of aromatic nitrogens is 3. The Morgan fingerprint density at radius 1 is 0.250 bits per heavy atom. The Morgan fingerprint density at radius 3 is 1.27 bits per heavy atom. The van der Waals surface area contributed by atoms with Gasteiger partial charge in [-0.2, -0.15) is 0 Å². The third kappa shape index (κ3) is 5.21. The lowest BCUT2D eigenvalue weighted by atomic mass is 10.1. The van der Waals surface area contributed by atoms with Crippen LogP contribution in [0.1, 0.15) is 0 Å². The molecule has 0 amide bonds. The molecule has 0 fully saturated rings. The van der Waals surface area contributed by atoms with Gasteiger partial charge in [0.2, 0.25) is 0 Å². The van der Waals surface area contributed by atoms with Gasteiger partial charge in [-0.1, -0.05) is 188 Å². The van der Waals surface area contributed by atoms with Crippen molar-refractivity contribution in [2.24, 2.45) is 0 Å². The largest absolute Gasteiger partial charge is 0.309 e. The molecule has 64 heavy (non-hydrogen) atoms. The molecule has 0 saturated carbocycles. The average molecular weight is 832 g/mol. The molecule has 0 radical (unpaired) electrons. The van der Waals surface area contributed by atoms with E-state index in [1.165, 1.54) is 86.2 Å². The molecule has 3 heterocycles. The molecular weight excluding hydrogens is 791 g/mol. The third-order valence-corrected chi connectivity index (χ3v) is 18.3. The Morgan fingerprint density at radius 2 is 0.672 bits per heavy atom. The summed E-state index contributed by atoms with van der Waals surface area (Å²) in [6.07, 6.45) is 0. The highest BCUT2D eigenvalue weighted by Crippen LogP contribution is 2.42. The first-order chi connectivity index (χ1) is 31.8. The van der Waals surface area contributed by atoms with Crippen LogP contribution in [0, 0.1) is 0 Å². The van der Waals surface area contributed by atoms with Crippen LogP contribution in [0.4, 0.5) is 0 Å². The van der Waals surface area contributed by atoms with E-state index in [-0.39, 0.29) is 0 Å². The number of rotatable bonds is 7. The summed E-state index contributed by atoms with van der Waals surface area (Å²) in [6, 6.07) is 92.4. The highest BCUT2D eigenvalue weighted by atomic mass is 28.3. The van der Waals surface area contributed by atoms with Crippen LogP contribution in [0.3, 0.4) is 0 Å². The van der Waals surface area contributed by atoms with E-state index >= 15 is 0 Å². The molecule has 0 bridgehead atoms. The van der Waals surface area contributed by atoms with Gasteiger partial charge < -0.3 is 13.7 Å². The molecule has 13 aromatic rings. The smallest absolute Gasteiger partial charge is 0.181 e. The molecule has 3 aromatic heterocycles. The fraction of sp³-hybridized carbons (Fsp3) is 0. The van der Waals surface area contributed by atoms with Crippen molar-refractivity contribution in [3.05, 3.63) is 249 Å². The summed E-state index contributed by atoms with van der Waals surface area (Å²) in [5, 5.41) is 12.9. The molecule has 10 aromatic carbocycles. The predicted molar refractivity (Wildman–Crippen MR) is 273 cm³/mol. The molecule has 4 heteroatoms. The Bertz CT molecular complexity index is 3840. The summed E-state index contributed by atoms with van der Waals surface area (Å²) in [7, 11) is -3.13. The minimum Gasteiger partial charge on any atom is -0.309 e. The lowest BCUT2D eigenvalue weighted by Crippen LogP contribution is -2.75. The van der Waals surface area contributed by atoms with Crippen molar-refractivity contribution in [2.45, 2.75) is 0 Å². The third-order valence-electron chi connectivity index (χ3n) is 13.5. The van der Waals surface area contributed by atoms with E-state index in [4.69, 9.17) is 0 Å². The van der Waals surface area contributed by atoms with Crippen LogP contribution in [0.15, 0.2) is 249 Å². The topological polar surface area (TPSA) is 14.8 Å². The molecule has 0 aliphatic carbocycles. The number of fused-ring (bicyclic) bond motifs is 10. The number of hydrogen-bond acceptors (Lipinski definition) is 0. The molecule has 0 saturated heterocycles. The number of benzene rings is 10. The van der Waals surface area contributed by atoms with Gasteiger partial charge in [0.15, 0.2) is 8.07 Å². The van der Waals surface area contributed by atoms with Crippen LogP contribution in [-0.2, 0) is 0 Å². The molecule has 300 valence electrons. The van der Waals surface area contributed by atoms with Crippen LogP contribution in [0.25, 0.3) is 82.5 Å².